The van der Waals surface area contributed by atoms with Gasteiger partial charge in [-0.3, -0.25) is 4.79 Å². The van der Waals surface area contributed by atoms with Crippen LogP contribution in [0.5, 0.6) is 0 Å². The Morgan fingerprint density at radius 3 is 2.79 bits per heavy atom. The SMILES string of the molecule is Cc1ccccc1C[C@@H]1C(=O)Nc2ccc(Cl)cc21. The Bertz CT molecular complexity index is 651. The van der Waals surface area contributed by atoms with Gasteiger partial charge in [0.15, 0.2) is 0 Å². The van der Waals surface area contributed by atoms with Gasteiger partial charge in [-0.05, 0) is 48.2 Å². The van der Waals surface area contributed by atoms with Crippen LogP contribution in [0.15, 0.2) is 42.5 Å². The molecule has 0 saturated carbocycles. The van der Waals surface area contributed by atoms with Gasteiger partial charge in [0.05, 0.1) is 5.92 Å². The molecule has 96 valence electrons. The summed E-state index contributed by atoms with van der Waals surface area (Å²) in [4.78, 5) is 12.1. The van der Waals surface area contributed by atoms with Crippen molar-refractivity contribution in [3.8, 4) is 0 Å². The molecule has 0 fully saturated rings. The fraction of sp³-hybridized carbons (Fsp3) is 0.188. The molecule has 0 aromatic heterocycles. The number of carbonyl (C=O) groups is 1. The molecule has 0 aliphatic carbocycles. The number of nitrogens with one attached hydrogen (secondary N) is 1. The van der Waals surface area contributed by atoms with Gasteiger partial charge in [-0.2, -0.15) is 0 Å². The third-order valence-electron chi connectivity index (χ3n) is 3.65. The fourth-order valence-electron chi connectivity index (χ4n) is 2.56. The van der Waals surface area contributed by atoms with Crippen LogP contribution in [0.1, 0.15) is 22.6 Å². The van der Waals surface area contributed by atoms with Crippen molar-refractivity contribution in [2.45, 2.75) is 19.3 Å². The first-order valence-electron chi connectivity index (χ1n) is 6.30. The van der Waals surface area contributed by atoms with E-state index in [0.29, 0.717) is 11.4 Å². The first-order valence-corrected chi connectivity index (χ1v) is 6.68. The molecule has 2 aromatic rings. The van der Waals surface area contributed by atoms with Crippen LogP contribution in [0.2, 0.25) is 5.02 Å². The Morgan fingerprint density at radius 2 is 2.00 bits per heavy atom. The van der Waals surface area contributed by atoms with Crippen molar-refractivity contribution < 1.29 is 4.79 Å². The molecule has 1 aliphatic rings. The molecule has 1 heterocycles. The minimum Gasteiger partial charge on any atom is -0.325 e. The van der Waals surface area contributed by atoms with Crippen LogP contribution < -0.4 is 5.32 Å². The van der Waals surface area contributed by atoms with Crippen molar-refractivity contribution in [2.24, 2.45) is 0 Å². The van der Waals surface area contributed by atoms with E-state index in [1.54, 1.807) is 6.07 Å². The predicted octanol–water partition coefficient (Wildman–Crippen LogP) is 3.93. The molecule has 3 heteroatoms. The fourth-order valence-corrected chi connectivity index (χ4v) is 2.74. The van der Waals surface area contributed by atoms with Gasteiger partial charge in [0.2, 0.25) is 5.91 Å². The Morgan fingerprint density at radius 1 is 1.21 bits per heavy atom. The van der Waals surface area contributed by atoms with E-state index in [4.69, 9.17) is 11.6 Å². The highest BCUT2D eigenvalue weighted by atomic mass is 35.5. The maximum Gasteiger partial charge on any atom is 0.232 e. The molecule has 1 aliphatic heterocycles. The lowest BCUT2D eigenvalue weighted by atomic mass is 9.91. The van der Waals surface area contributed by atoms with Crippen LogP contribution >= 0.6 is 11.6 Å². The Hall–Kier alpha value is -1.80. The summed E-state index contributed by atoms with van der Waals surface area (Å²) in [5.41, 5.74) is 4.30. The second-order valence-corrected chi connectivity index (χ2v) is 5.34. The summed E-state index contributed by atoms with van der Waals surface area (Å²) < 4.78 is 0. The van der Waals surface area contributed by atoms with Gasteiger partial charge >= 0.3 is 0 Å². The van der Waals surface area contributed by atoms with E-state index >= 15 is 0 Å². The van der Waals surface area contributed by atoms with Gasteiger partial charge in [-0.25, -0.2) is 0 Å². The zero-order valence-electron chi connectivity index (χ0n) is 10.6. The molecule has 0 saturated heterocycles. The second kappa shape index (κ2) is 4.71. The zero-order chi connectivity index (χ0) is 13.4. The number of benzene rings is 2. The van der Waals surface area contributed by atoms with Gasteiger partial charge in [-0.15, -0.1) is 0 Å². The van der Waals surface area contributed by atoms with E-state index in [2.05, 4.69) is 24.4 Å². The molecular weight excluding hydrogens is 258 g/mol. The topological polar surface area (TPSA) is 29.1 Å². The number of aryl methyl sites for hydroxylation is 1. The molecule has 1 atom stereocenters. The number of halogens is 1. The van der Waals surface area contributed by atoms with Crippen LogP contribution in [-0.4, -0.2) is 5.91 Å². The van der Waals surface area contributed by atoms with Crippen LogP contribution in [0.3, 0.4) is 0 Å². The summed E-state index contributed by atoms with van der Waals surface area (Å²) in [5.74, 6) is -0.0877. The zero-order valence-corrected chi connectivity index (χ0v) is 11.4. The number of rotatable bonds is 2. The molecule has 1 N–H and O–H groups in total. The lowest BCUT2D eigenvalue weighted by Gasteiger charge is -2.11. The van der Waals surface area contributed by atoms with Crippen molar-refractivity contribution in [1.82, 2.24) is 0 Å². The molecule has 0 unspecified atom stereocenters. The second-order valence-electron chi connectivity index (χ2n) is 4.90. The lowest BCUT2D eigenvalue weighted by molar-refractivity contribution is -0.117. The van der Waals surface area contributed by atoms with Crippen molar-refractivity contribution in [1.29, 1.82) is 0 Å². The summed E-state index contributed by atoms with van der Waals surface area (Å²) in [6.07, 6.45) is 0.714. The van der Waals surface area contributed by atoms with Gasteiger partial charge in [0, 0.05) is 10.7 Å². The van der Waals surface area contributed by atoms with Crippen molar-refractivity contribution in [2.75, 3.05) is 5.32 Å². The van der Waals surface area contributed by atoms with Crippen LogP contribution in [0, 0.1) is 6.92 Å². The van der Waals surface area contributed by atoms with Crippen molar-refractivity contribution in [3.63, 3.8) is 0 Å². The summed E-state index contributed by atoms with van der Waals surface area (Å²) in [6.45, 7) is 2.07. The molecule has 3 rings (SSSR count). The summed E-state index contributed by atoms with van der Waals surface area (Å²) in [7, 11) is 0. The van der Waals surface area contributed by atoms with E-state index in [-0.39, 0.29) is 11.8 Å². The average Bonchev–Trinajstić information content (AvgIpc) is 2.69. The molecule has 2 nitrogen and oxygen atoms in total. The summed E-state index contributed by atoms with van der Waals surface area (Å²) in [5, 5.41) is 3.59. The molecule has 1 amide bonds. The Labute approximate surface area is 117 Å². The smallest absolute Gasteiger partial charge is 0.232 e. The predicted molar refractivity (Wildman–Crippen MR) is 77.7 cm³/mol. The first-order chi connectivity index (χ1) is 9.15. The molecule has 0 bridgehead atoms. The summed E-state index contributed by atoms with van der Waals surface area (Å²) >= 11 is 6.03. The highest BCUT2D eigenvalue weighted by Crippen LogP contribution is 2.36. The lowest BCUT2D eigenvalue weighted by Crippen LogP contribution is -2.14. The van der Waals surface area contributed by atoms with Gasteiger partial charge < -0.3 is 5.32 Å². The highest BCUT2D eigenvalue weighted by molar-refractivity contribution is 6.31. The highest BCUT2D eigenvalue weighted by Gasteiger charge is 2.30. The minimum atomic E-state index is -0.144. The van der Waals surface area contributed by atoms with E-state index < -0.39 is 0 Å². The van der Waals surface area contributed by atoms with E-state index in [0.717, 1.165) is 11.3 Å². The maximum absolute atomic E-state index is 12.1. The first kappa shape index (κ1) is 12.2. The quantitative estimate of drug-likeness (QED) is 0.881. The van der Waals surface area contributed by atoms with Crippen molar-refractivity contribution >= 4 is 23.2 Å². The van der Waals surface area contributed by atoms with E-state index in [1.807, 2.05) is 24.3 Å². The molecule has 0 spiro atoms. The van der Waals surface area contributed by atoms with Gasteiger partial charge in [0.25, 0.3) is 0 Å². The third kappa shape index (κ3) is 2.24. The average molecular weight is 272 g/mol. The normalized spacial score (nSPS) is 17.2. The number of hydrogen-bond donors (Lipinski definition) is 1. The maximum atomic E-state index is 12.1. The largest absolute Gasteiger partial charge is 0.325 e. The monoisotopic (exact) mass is 271 g/mol. The third-order valence-corrected chi connectivity index (χ3v) is 3.88. The minimum absolute atomic E-state index is 0.0560. The molecule has 19 heavy (non-hydrogen) atoms. The van der Waals surface area contributed by atoms with Crippen LogP contribution in [-0.2, 0) is 11.2 Å². The van der Waals surface area contributed by atoms with Crippen molar-refractivity contribution in [3.05, 3.63) is 64.2 Å². The summed E-state index contributed by atoms with van der Waals surface area (Å²) in [6, 6.07) is 13.7. The Balaban J connectivity index is 1.97. The Kier molecular flexibility index (Phi) is 3.03. The van der Waals surface area contributed by atoms with E-state index in [9.17, 15) is 4.79 Å². The molecular formula is C16H14ClNO. The van der Waals surface area contributed by atoms with Gasteiger partial charge in [0.1, 0.15) is 0 Å². The van der Waals surface area contributed by atoms with Gasteiger partial charge in [-0.1, -0.05) is 35.9 Å². The number of fused-ring (bicyclic) bond motifs is 1. The molecule has 0 radical (unpaired) electrons. The van der Waals surface area contributed by atoms with Crippen LogP contribution in [0.25, 0.3) is 0 Å². The van der Waals surface area contributed by atoms with Crippen LogP contribution in [0.4, 0.5) is 5.69 Å². The number of carbonyl (C=O) groups excluding carboxylic acids is 1. The number of hydrogen-bond acceptors (Lipinski definition) is 1. The number of amides is 1. The standard InChI is InChI=1S/C16H14ClNO/c1-10-4-2-3-5-11(10)8-14-13-9-12(17)6-7-15(13)18-16(14)19/h2-7,9,14H,8H2,1H3,(H,18,19)/t14-/m0/s1. The van der Waals surface area contributed by atoms with E-state index in [1.165, 1.54) is 11.1 Å². The molecule has 2 aromatic carbocycles. The number of anilines is 1.